The molecule has 6 nitrogen and oxygen atoms in total. The van der Waals surface area contributed by atoms with E-state index in [0.717, 1.165) is 4.47 Å². The molecule has 2 rings (SSSR count). The van der Waals surface area contributed by atoms with Crippen LogP contribution in [0.3, 0.4) is 0 Å². The summed E-state index contributed by atoms with van der Waals surface area (Å²) >= 11 is 3.37. The molecule has 0 aromatic carbocycles. The van der Waals surface area contributed by atoms with Gasteiger partial charge in [0.25, 0.3) is 5.91 Å². The molecule has 0 radical (unpaired) electrons. The Morgan fingerprint density at radius 1 is 1.30 bits per heavy atom. The van der Waals surface area contributed by atoms with Crippen molar-refractivity contribution >= 4 is 27.8 Å². The number of hydrogen-bond acceptors (Lipinski definition) is 4. The predicted molar refractivity (Wildman–Crippen MR) is 77.5 cm³/mol. The fraction of sp³-hybridized carbons (Fsp3) is 0.538. The van der Waals surface area contributed by atoms with Crippen LogP contribution in [-0.4, -0.2) is 66.1 Å². The van der Waals surface area contributed by atoms with Crippen molar-refractivity contribution in [2.45, 2.75) is 0 Å². The van der Waals surface area contributed by atoms with Crippen molar-refractivity contribution in [3.05, 3.63) is 22.4 Å². The summed E-state index contributed by atoms with van der Waals surface area (Å²) in [4.78, 5) is 27.4. The monoisotopic (exact) mass is 343 g/mol. The summed E-state index contributed by atoms with van der Waals surface area (Å²) in [5.41, 5.74) is 0.665. The van der Waals surface area contributed by atoms with Crippen LogP contribution in [0.5, 0.6) is 0 Å². The lowest BCUT2D eigenvalue weighted by Gasteiger charge is -2.34. The average Bonchev–Trinajstić information content (AvgIpc) is 2.77. The third-order valence-electron chi connectivity index (χ3n) is 3.43. The Hall–Kier alpha value is -1.34. The van der Waals surface area contributed by atoms with Crippen molar-refractivity contribution in [3.63, 3.8) is 0 Å². The lowest BCUT2D eigenvalue weighted by Crippen LogP contribution is -2.50. The molecule has 1 aromatic heterocycles. The first kappa shape index (κ1) is 15.1. The van der Waals surface area contributed by atoms with E-state index in [4.69, 9.17) is 0 Å². The Balaban J connectivity index is 1.92. The van der Waals surface area contributed by atoms with Gasteiger partial charge in [0.05, 0.1) is 13.7 Å². The van der Waals surface area contributed by atoms with E-state index < -0.39 is 0 Å². The van der Waals surface area contributed by atoms with E-state index in [1.54, 1.807) is 0 Å². The summed E-state index contributed by atoms with van der Waals surface area (Å²) in [5.74, 6) is -0.216. The molecule has 0 bridgehead atoms. The van der Waals surface area contributed by atoms with Gasteiger partial charge in [0, 0.05) is 43.9 Å². The molecular formula is C13H18BrN3O3. The Morgan fingerprint density at radius 2 is 1.95 bits per heavy atom. The summed E-state index contributed by atoms with van der Waals surface area (Å²) in [6.45, 7) is 2.91. The van der Waals surface area contributed by atoms with Crippen LogP contribution in [0.1, 0.15) is 10.5 Å². The minimum absolute atomic E-state index is 0.0240. The fourth-order valence-electron chi connectivity index (χ4n) is 2.26. The number of rotatable bonds is 3. The van der Waals surface area contributed by atoms with Gasteiger partial charge in [-0.3, -0.25) is 14.5 Å². The second-order valence-electron chi connectivity index (χ2n) is 4.80. The van der Waals surface area contributed by atoms with Gasteiger partial charge in [-0.15, -0.1) is 0 Å². The molecule has 7 heteroatoms. The molecule has 20 heavy (non-hydrogen) atoms. The van der Waals surface area contributed by atoms with E-state index in [1.165, 1.54) is 7.11 Å². The predicted octanol–water partition coefficient (Wildman–Crippen LogP) is 0.718. The molecule has 1 saturated heterocycles. The van der Waals surface area contributed by atoms with Gasteiger partial charge >= 0.3 is 5.97 Å². The molecule has 110 valence electrons. The first-order valence-corrected chi connectivity index (χ1v) is 7.21. The highest BCUT2D eigenvalue weighted by molar-refractivity contribution is 9.10. The van der Waals surface area contributed by atoms with Crippen molar-refractivity contribution in [1.29, 1.82) is 0 Å². The van der Waals surface area contributed by atoms with Gasteiger partial charge in [-0.05, 0) is 22.0 Å². The van der Waals surface area contributed by atoms with Gasteiger partial charge in [0.2, 0.25) is 0 Å². The van der Waals surface area contributed by atoms with E-state index in [2.05, 4.69) is 20.7 Å². The third-order valence-corrected chi connectivity index (χ3v) is 3.86. The molecule has 1 amide bonds. The van der Waals surface area contributed by atoms with Crippen LogP contribution in [0.4, 0.5) is 0 Å². The Kier molecular flexibility index (Phi) is 4.82. The minimum atomic E-state index is -0.240. The number of halogens is 1. The molecule has 0 N–H and O–H groups in total. The second-order valence-corrected chi connectivity index (χ2v) is 5.71. The number of carbonyl (C=O) groups excluding carboxylic acids is 2. The Bertz CT molecular complexity index is 507. The van der Waals surface area contributed by atoms with Crippen LogP contribution >= 0.6 is 15.9 Å². The third kappa shape index (κ3) is 3.40. The van der Waals surface area contributed by atoms with Crippen molar-refractivity contribution in [2.75, 3.05) is 39.8 Å². The van der Waals surface area contributed by atoms with E-state index in [1.807, 2.05) is 33.7 Å². The van der Waals surface area contributed by atoms with Gasteiger partial charge < -0.3 is 14.2 Å². The SMILES string of the molecule is COC(=O)CN1CCN(C(=O)c2cc(Br)cn2C)CC1. The number of carbonyl (C=O) groups is 2. The molecule has 2 heterocycles. The highest BCUT2D eigenvalue weighted by atomic mass is 79.9. The van der Waals surface area contributed by atoms with Crippen LogP contribution in [-0.2, 0) is 16.6 Å². The van der Waals surface area contributed by atoms with Crippen LogP contribution < -0.4 is 0 Å². The maximum Gasteiger partial charge on any atom is 0.319 e. The number of piperazine rings is 1. The Morgan fingerprint density at radius 3 is 2.45 bits per heavy atom. The van der Waals surface area contributed by atoms with E-state index in [0.29, 0.717) is 31.9 Å². The van der Waals surface area contributed by atoms with Gasteiger partial charge in [-0.2, -0.15) is 0 Å². The van der Waals surface area contributed by atoms with Crippen LogP contribution in [0.2, 0.25) is 0 Å². The maximum absolute atomic E-state index is 12.4. The average molecular weight is 344 g/mol. The van der Waals surface area contributed by atoms with Crippen molar-refractivity contribution in [1.82, 2.24) is 14.4 Å². The topological polar surface area (TPSA) is 54.8 Å². The minimum Gasteiger partial charge on any atom is -0.468 e. The molecule has 1 fully saturated rings. The second kappa shape index (κ2) is 6.41. The largest absolute Gasteiger partial charge is 0.468 e. The van der Waals surface area contributed by atoms with Crippen molar-refractivity contribution in [3.8, 4) is 0 Å². The van der Waals surface area contributed by atoms with Gasteiger partial charge in [0.1, 0.15) is 5.69 Å². The molecular weight excluding hydrogens is 326 g/mol. The Labute approximate surface area is 126 Å². The number of amides is 1. The summed E-state index contributed by atoms with van der Waals surface area (Å²) in [6.07, 6.45) is 1.86. The van der Waals surface area contributed by atoms with Crippen LogP contribution in [0.25, 0.3) is 0 Å². The molecule has 0 atom stereocenters. The molecule has 0 saturated carbocycles. The highest BCUT2D eigenvalue weighted by Crippen LogP contribution is 2.16. The maximum atomic E-state index is 12.4. The summed E-state index contributed by atoms with van der Waals surface area (Å²) in [6, 6.07) is 1.82. The lowest BCUT2D eigenvalue weighted by atomic mass is 10.2. The molecule has 1 aromatic rings. The lowest BCUT2D eigenvalue weighted by molar-refractivity contribution is -0.142. The van der Waals surface area contributed by atoms with Gasteiger partial charge in [0.15, 0.2) is 0 Å². The van der Waals surface area contributed by atoms with E-state index in [9.17, 15) is 9.59 Å². The number of ether oxygens (including phenoxy) is 1. The molecule has 0 spiro atoms. The zero-order chi connectivity index (χ0) is 14.7. The van der Waals surface area contributed by atoms with Gasteiger partial charge in [-0.1, -0.05) is 0 Å². The zero-order valence-corrected chi connectivity index (χ0v) is 13.2. The van der Waals surface area contributed by atoms with Crippen LogP contribution in [0, 0.1) is 0 Å². The first-order valence-electron chi connectivity index (χ1n) is 6.41. The number of methoxy groups -OCH3 is 1. The van der Waals surface area contributed by atoms with E-state index >= 15 is 0 Å². The molecule has 0 unspecified atom stereocenters. The van der Waals surface area contributed by atoms with E-state index in [-0.39, 0.29) is 18.4 Å². The number of aromatic nitrogens is 1. The standard InChI is InChI=1S/C13H18BrN3O3/c1-15-8-10(14)7-11(15)13(19)17-5-3-16(4-6-17)9-12(18)20-2/h7-8H,3-6,9H2,1-2H3. The number of nitrogens with zero attached hydrogens (tertiary/aromatic N) is 3. The van der Waals surface area contributed by atoms with Crippen LogP contribution in [0.15, 0.2) is 16.7 Å². The van der Waals surface area contributed by atoms with Gasteiger partial charge in [-0.25, -0.2) is 0 Å². The first-order chi connectivity index (χ1) is 9.51. The normalized spacial score (nSPS) is 16.2. The smallest absolute Gasteiger partial charge is 0.319 e. The molecule has 1 aliphatic heterocycles. The molecule has 1 aliphatic rings. The highest BCUT2D eigenvalue weighted by Gasteiger charge is 2.24. The number of aryl methyl sites for hydroxylation is 1. The molecule has 0 aliphatic carbocycles. The zero-order valence-electron chi connectivity index (χ0n) is 11.6. The fourth-order valence-corrected chi connectivity index (χ4v) is 2.78. The quantitative estimate of drug-likeness (QED) is 0.759. The summed E-state index contributed by atoms with van der Waals surface area (Å²) < 4.78 is 7.35. The number of hydrogen-bond donors (Lipinski definition) is 0. The summed E-state index contributed by atoms with van der Waals surface area (Å²) in [5, 5.41) is 0. The van der Waals surface area contributed by atoms with Crippen molar-refractivity contribution < 1.29 is 14.3 Å². The summed E-state index contributed by atoms with van der Waals surface area (Å²) in [7, 11) is 3.24. The number of esters is 1. The van der Waals surface area contributed by atoms with Crippen molar-refractivity contribution in [2.24, 2.45) is 7.05 Å².